The maximum Gasteiger partial charge on any atom is 0.227 e. The summed E-state index contributed by atoms with van der Waals surface area (Å²) in [5.74, 6) is 1.09. The van der Waals surface area contributed by atoms with Gasteiger partial charge in [-0.1, -0.05) is 6.07 Å². The van der Waals surface area contributed by atoms with E-state index in [1.54, 1.807) is 6.20 Å². The number of pyridine rings is 1. The Balaban J connectivity index is 1.47. The summed E-state index contributed by atoms with van der Waals surface area (Å²) in [7, 11) is 1.94. The molecule has 5 heterocycles. The molecule has 3 fully saturated rings. The van der Waals surface area contributed by atoms with Gasteiger partial charge in [-0.3, -0.25) is 14.7 Å². The van der Waals surface area contributed by atoms with E-state index >= 15 is 0 Å². The normalized spacial score (nSPS) is 24.2. The average molecular weight is 323 g/mol. The quantitative estimate of drug-likeness (QED) is 0.858. The van der Waals surface area contributed by atoms with Crippen LogP contribution in [-0.2, 0) is 11.3 Å². The molecule has 6 heteroatoms. The van der Waals surface area contributed by atoms with Gasteiger partial charge >= 0.3 is 0 Å². The van der Waals surface area contributed by atoms with E-state index in [0.717, 1.165) is 43.7 Å². The Morgan fingerprint density at radius 2 is 1.96 bits per heavy atom. The van der Waals surface area contributed by atoms with Crippen LogP contribution in [0.2, 0.25) is 0 Å². The van der Waals surface area contributed by atoms with E-state index < -0.39 is 0 Å². The molecule has 3 aliphatic heterocycles. The summed E-state index contributed by atoms with van der Waals surface area (Å²) in [6.45, 7) is 2.55. The first-order valence-corrected chi connectivity index (χ1v) is 8.42. The Morgan fingerprint density at radius 1 is 1.12 bits per heavy atom. The molecule has 24 heavy (non-hydrogen) atoms. The van der Waals surface area contributed by atoms with E-state index in [4.69, 9.17) is 0 Å². The first-order chi connectivity index (χ1) is 11.7. The lowest BCUT2D eigenvalue weighted by Crippen LogP contribution is -2.45. The molecule has 0 saturated carbocycles. The lowest BCUT2D eigenvalue weighted by atomic mass is 9.95. The number of rotatable bonds is 3. The van der Waals surface area contributed by atoms with Crippen molar-refractivity contribution in [1.29, 1.82) is 0 Å². The molecule has 0 unspecified atom stereocenters. The van der Waals surface area contributed by atoms with Gasteiger partial charge in [-0.25, -0.2) is 9.97 Å². The van der Waals surface area contributed by atoms with Crippen LogP contribution in [0.5, 0.6) is 0 Å². The molecule has 0 aromatic carbocycles. The predicted molar refractivity (Wildman–Crippen MR) is 89.8 cm³/mol. The third-order valence-electron chi connectivity index (χ3n) is 5.05. The minimum atomic E-state index is 0.141. The van der Waals surface area contributed by atoms with Gasteiger partial charge in [-0.15, -0.1) is 0 Å². The zero-order valence-electron chi connectivity index (χ0n) is 13.8. The van der Waals surface area contributed by atoms with E-state index in [0.29, 0.717) is 17.8 Å². The minimum absolute atomic E-state index is 0.141. The van der Waals surface area contributed by atoms with Crippen LogP contribution >= 0.6 is 0 Å². The highest BCUT2D eigenvalue weighted by Crippen LogP contribution is 2.28. The summed E-state index contributed by atoms with van der Waals surface area (Å²) in [5, 5.41) is 0. The highest BCUT2D eigenvalue weighted by molar-refractivity contribution is 5.80. The summed E-state index contributed by atoms with van der Waals surface area (Å²) in [6, 6.07) is 6.05. The Morgan fingerprint density at radius 3 is 2.71 bits per heavy atom. The second-order valence-electron chi connectivity index (χ2n) is 6.70. The van der Waals surface area contributed by atoms with Crippen LogP contribution in [0.3, 0.4) is 0 Å². The van der Waals surface area contributed by atoms with Gasteiger partial charge in [0, 0.05) is 56.9 Å². The van der Waals surface area contributed by atoms with Gasteiger partial charge in [0.25, 0.3) is 0 Å². The fourth-order valence-corrected chi connectivity index (χ4v) is 3.70. The molecule has 2 aromatic heterocycles. The molecule has 3 aliphatic rings. The Kier molecular flexibility index (Phi) is 3.98. The van der Waals surface area contributed by atoms with Gasteiger partial charge in [0.2, 0.25) is 5.91 Å². The number of carbonyl (C=O) groups excluding carboxylic acids is 1. The van der Waals surface area contributed by atoms with E-state index in [2.05, 4.69) is 19.9 Å². The molecule has 5 rings (SSSR count). The number of carbonyl (C=O) groups is 1. The lowest BCUT2D eigenvalue weighted by molar-refractivity contribution is -0.138. The maximum absolute atomic E-state index is 12.3. The highest BCUT2D eigenvalue weighted by atomic mass is 16.2. The molecule has 1 amide bonds. The van der Waals surface area contributed by atoms with Crippen molar-refractivity contribution in [1.82, 2.24) is 24.8 Å². The number of fused-ring (bicyclic) bond motifs is 4. The fraction of sp³-hybridized carbons (Fsp3) is 0.444. The van der Waals surface area contributed by atoms with Crippen molar-refractivity contribution in [3.8, 4) is 11.5 Å². The van der Waals surface area contributed by atoms with Crippen LogP contribution in [0.25, 0.3) is 11.5 Å². The van der Waals surface area contributed by atoms with Crippen LogP contribution < -0.4 is 0 Å². The second kappa shape index (κ2) is 6.28. The predicted octanol–water partition coefficient (Wildman–Crippen LogP) is 1.59. The number of likely N-dealkylation sites (N-methyl/N-ethyl adjacent to an activating group) is 1. The molecule has 2 atom stereocenters. The van der Waals surface area contributed by atoms with Gasteiger partial charge in [-0.05, 0) is 25.0 Å². The summed E-state index contributed by atoms with van der Waals surface area (Å²) in [4.78, 5) is 29.7. The molecule has 0 aliphatic carbocycles. The van der Waals surface area contributed by atoms with Crippen molar-refractivity contribution in [3.63, 3.8) is 0 Å². The van der Waals surface area contributed by atoms with E-state index in [9.17, 15) is 4.79 Å². The molecule has 6 nitrogen and oxygen atoms in total. The van der Waals surface area contributed by atoms with Gasteiger partial charge in [-0.2, -0.15) is 0 Å². The minimum Gasteiger partial charge on any atom is -0.341 e. The molecule has 2 bridgehead atoms. The molecule has 2 aromatic rings. The molecular formula is C18H21N5O. The Labute approximate surface area is 141 Å². The Bertz CT molecular complexity index is 718. The van der Waals surface area contributed by atoms with E-state index in [1.807, 2.05) is 42.5 Å². The van der Waals surface area contributed by atoms with Gasteiger partial charge in [0.05, 0.1) is 5.92 Å². The van der Waals surface area contributed by atoms with E-state index in [1.165, 1.54) is 0 Å². The van der Waals surface area contributed by atoms with Crippen molar-refractivity contribution in [2.45, 2.75) is 25.4 Å². The highest BCUT2D eigenvalue weighted by Gasteiger charge is 2.38. The topological polar surface area (TPSA) is 62.2 Å². The second-order valence-corrected chi connectivity index (χ2v) is 6.70. The number of nitrogens with zero attached hydrogens (tertiary/aromatic N) is 5. The molecule has 0 N–H and O–H groups in total. The zero-order valence-corrected chi connectivity index (χ0v) is 13.8. The largest absolute Gasteiger partial charge is 0.341 e. The van der Waals surface area contributed by atoms with Crippen molar-refractivity contribution in [2.75, 3.05) is 20.1 Å². The third kappa shape index (κ3) is 2.89. The van der Waals surface area contributed by atoms with Gasteiger partial charge in [0.15, 0.2) is 5.82 Å². The third-order valence-corrected chi connectivity index (χ3v) is 5.05. The number of aromatic nitrogens is 3. The molecule has 3 saturated heterocycles. The SMILES string of the molecule is CN1C(=O)[C@@H]2CC[C@H]1CN(Cc1cnc(-c3ccccn3)nc1)C2. The van der Waals surface area contributed by atoms with Crippen LogP contribution in [0, 0.1) is 5.92 Å². The van der Waals surface area contributed by atoms with E-state index in [-0.39, 0.29) is 5.92 Å². The average Bonchev–Trinajstić information content (AvgIpc) is 2.89. The monoisotopic (exact) mass is 323 g/mol. The maximum atomic E-state index is 12.3. The number of hydrogen-bond donors (Lipinski definition) is 0. The first kappa shape index (κ1) is 15.2. The van der Waals surface area contributed by atoms with Crippen LogP contribution in [-0.4, -0.2) is 56.8 Å². The van der Waals surface area contributed by atoms with Crippen LogP contribution in [0.1, 0.15) is 18.4 Å². The van der Waals surface area contributed by atoms with Gasteiger partial charge in [0.1, 0.15) is 5.69 Å². The number of amides is 1. The Hall–Kier alpha value is -2.34. The fourth-order valence-electron chi connectivity index (χ4n) is 3.70. The summed E-state index contributed by atoms with van der Waals surface area (Å²) < 4.78 is 0. The number of piperidine rings is 1. The molecule has 0 spiro atoms. The van der Waals surface area contributed by atoms with Crippen molar-refractivity contribution < 1.29 is 4.79 Å². The lowest BCUT2D eigenvalue weighted by Gasteiger charge is -2.32. The van der Waals surface area contributed by atoms with Crippen molar-refractivity contribution >= 4 is 5.91 Å². The van der Waals surface area contributed by atoms with Gasteiger partial charge < -0.3 is 4.90 Å². The molecule has 124 valence electrons. The van der Waals surface area contributed by atoms with Crippen LogP contribution in [0.15, 0.2) is 36.8 Å². The smallest absolute Gasteiger partial charge is 0.227 e. The summed E-state index contributed by atoms with van der Waals surface area (Å²) in [5.41, 5.74) is 1.86. The van der Waals surface area contributed by atoms with Crippen molar-refractivity contribution in [3.05, 3.63) is 42.4 Å². The van der Waals surface area contributed by atoms with Crippen molar-refractivity contribution in [2.24, 2.45) is 5.92 Å². The van der Waals surface area contributed by atoms with Crippen LogP contribution in [0.4, 0.5) is 0 Å². The molecular weight excluding hydrogens is 302 g/mol. The standard InChI is InChI=1S/C18H21N5O/c1-22-15-6-5-14(18(22)24)11-23(12-15)10-13-8-20-17(21-9-13)16-4-2-3-7-19-16/h2-4,7-9,14-15H,5-6,10-12H2,1H3/t14-,15+/m1/s1. The zero-order chi connectivity index (χ0) is 16.5. The summed E-state index contributed by atoms with van der Waals surface area (Å²) in [6.07, 6.45) is 7.61. The first-order valence-electron chi connectivity index (χ1n) is 8.42. The molecule has 0 radical (unpaired) electrons. The number of hydrogen-bond acceptors (Lipinski definition) is 5. The summed E-state index contributed by atoms with van der Waals surface area (Å²) >= 11 is 0.